The third-order valence-corrected chi connectivity index (χ3v) is 14.7. The standard InChI is InChI=1S/C26H55O2P/c1-6-11-12-13-14-15-16-17-18-19-20-21-22-23-24-25-26(27)28-29(7-2,8-3,9-4)10-5/h6-25H2,1-5H3. The summed E-state index contributed by atoms with van der Waals surface area (Å²) >= 11 is 0. The molecule has 3 heteroatoms. The van der Waals surface area contributed by atoms with Crippen molar-refractivity contribution in [2.45, 2.75) is 137 Å². The Morgan fingerprint density at radius 1 is 0.517 bits per heavy atom. The summed E-state index contributed by atoms with van der Waals surface area (Å²) in [5, 5.41) is 0. The van der Waals surface area contributed by atoms with E-state index in [1.165, 1.54) is 89.9 Å². The molecule has 0 saturated carbocycles. The Bertz CT molecular complexity index is 367. The average Bonchev–Trinajstić information content (AvgIpc) is 2.75. The van der Waals surface area contributed by atoms with Crippen molar-refractivity contribution in [1.29, 1.82) is 0 Å². The van der Waals surface area contributed by atoms with Crippen LogP contribution in [0.15, 0.2) is 0 Å². The predicted octanol–water partition coefficient (Wildman–Crippen LogP) is 9.34. The first-order valence-corrected chi connectivity index (χ1v) is 16.1. The average molecular weight is 431 g/mol. The van der Waals surface area contributed by atoms with Crippen LogP contribution < -0.4 is 0 Å². The second-order valence-corrected chi connectivity index (χ2v) is 15.7. The molecule has 0 aliphatic heterocycles. The first-order valence-electron chi connectivity index (χ1n) is 13.2. The first-order chi connectivity index (χ1) is 14.0. The van der Waals surface area contributed by atoms with E-state index in [1.54, 1.807) is 0 Å². The zero-order chi connectivity index (χ0) is 21.9. The quantitative estimate of drug-likeness (QED) is 0.134. The fourth-order valence-electron chi connectivity index (χ4n) is 4.57. The number of hydrogen-bond donors (Lipinski definition) is 0. The fourth-order valence-corrected chi connectivity index (χ4v) is 8.44. The summed E-state index contributed by atoms with van der Waals surface area (Å²) in [7, 11) is 0. The van der Waals surface area contributed by atoms with Gasteiger partial charge in [0.15, 0.2) is 0 Å². The molecule has 0 atom stereocenters. The molecule has 0 aliphatic rings. The summed E-state index contributed by atoms with van der Waals surface area (Å²) < 4.78 is 6.23. The van der Waals surface area contributed by atoms with Crippen LogP contribution in [0.2, 0.25) is 0 Å². The van der Waals surface area contributed by atoms with E-state index in [9.17, 15) is 4.79 Å². The van der Waals surface area contributed by atoms with E-state index < -0.39 is 6.83 Å². The number of carbonyl (C=O) groups excluding carboxylic acids is 1. The van der Waals surface area contributed by atoms with Crippen LogP contribution in [-0.4, -0.2) is 30.6 Å². The molecular formula is C26H55O2P. The Morgan fingerprint density at radius 3 is 1.14 bits per heavy atom. The third kappa shape index (κ3) is 12.4. The van der Waals surface area contributed by atoms with Crippen LogP contribution >= 0.6 is 6.83 Å². The van der Waals surface area contributed by atoms with Crippen molar-refractivity contribution in [1.82, 2.24) is 0 Å². The van der Waals surface area contributed by atoms with Gasteiger partial charge in [-0.3, -0.25) is 0 Å². The van der Waals surface area contributed by atoms with Gasteiger partial charge in [-0.05, 0) is 0 Å². The Morgan fingerprint density at radius 2 is 0.828 bits per heavy atom. The van der Waals surface area contributed by atoms with Gasteiger partial charge in [-0.1, -0.05) is 45.4 Å². The van der Waals surface area contributed by atoms with E-state index in [0.717, 1.165) is 31.1 Å². The van der Waals surface area contributed by atoms with E-state index >= 15 is 0 Å². The molecule has 0 heterocycles. The molecule has 0 spiro atoms. The molecule has 0 aliphatic carbocycles. The monoisotopic (exact) mass is 430 g/mol. The maximum absolute atomic E-state index is 12.4. The molecule has 0 radical (unpaired) electrons. The molecule has 176 valence electrons. The Kier molecular flexibility index (Phi) is 17.5. The van der Waals surface area contributed by atoms with Gasteiger partial charge in [0.05, 0.1) is 0 Å². The summed E-state index contributed by atoms with van der Waals surface area (Å²) in [5.41, 5.74) is 0. The van der Waals surface area contributed by atoms with Crippen molar-refractivity contribution >= 4 is 12.8 Å². The van der Waals surface area contributed by atoms with Crippen molar-refractivity contribution in [3.63, 3.8) is 0 Å². The van der Waals surface area contributed by atoms with Gasteiger partial charge in [-0.2, -0.15) is 0 Å². The molecule has 0 saturated heterocycles. The van der Waals surface area contributed by atoms with Crippen molar-refractivity contribution in [3.8, 4) is 0 Å². The normalized spacial score (nSPS) is 13.2. The zero-order valence-electron chi connectivity index (χ0n) is 20.9. The van der Waals surface area contributed by atoms with Crippen molar-refractivity contribution < 1.29 is 9.32 Å². The number of carbonyl (C=O) groups is 1. The van der Waals surface area contributed by atoms with Gasteiger partial charge in [-0.15, -0.1) is 0 Å². The van der Waals surface area contributed by atoms with Gasteiger partial charge in [0.1, 0.15) is 0 Å². The fraction of sp³-hybridized carbons (Fsp3) is 0.962. The summed E-state index contributed by atoms with van der Waals surface area (Å²) in [5.74, 6) is 0.0739. The summed E-state index contributed by atoms with van der Waals surface area (Å²) in [6.45, 7) is 8.91. The number of unbranched alkanes of at least 4 members (excludes halogenated alkanes) is 14. The van der Waals surface area contributed by atoms with Crippen LogP contribution in [0.5, 0.6) is 0 Å². The van der Waals surface area contributed by atoms with Gasteiger partial charge >= 0.3 is 139 Å². The molecule has 0 aromatic rings. The van der Waals surface area contributed by atoms with Crippen LogP contribution in [0.3, 0.4) is 0 Å². The number of hydrogen-bond acceptors (Lipinski definition) is 2. The van der Waals surface area contributed by atoms with Gasteiger partial charge in [0, 0.05) is 0 Å². The van der Waals surface area contributed by atoms with Gasteiger partial charge in [0.25, 0.3) is 0 Å². The second kappa shape index (κ2) is 17.6. The Labute approximate surface area is 184 Å². The SMILES string of the molecule is CCCCCCCCCCCCCCCCCC(=O)OP(CC)(CC)(CC)CC. The van der Waals surface area contributed by atoms with Crippen molar-refractivity contribution in [2.24, 2.45) is 0 Å². The van der Waals surface area contributed by atoms with Crippen LogP contribution in [-0.2, 0) is 9.32 Å². The molecule has 0 rings (SSSR count). The van der Waals surface area contributed by atoms with Gasteiger partial charge in [-0.25, -0.2) is 0 Å². The topological polar surface area (TPSA) is 26.3 Å². The van der Waals surface area contributed by atoms with Crippen LogP contribution in [0.25, 0.3) is 0 Å². The Hall–Kier alpha value is -0.100. The molecule has 0 N–H and O–H groups in total. The second-order valence-electron chi connectivity index (χ2n) is 9.29. The van der Waals surface area contributed by atoms with Crippen LogP contribution in [0, 0.1) is 0 Å². The van der Waals surface area contributed by atoms with E-state index in [-0.39, 0.29) is 5.97 Å². The van der Waals surface area contributed by atoms with E-state index in [4.69, 9.17) is 4.52 Å². The molecule has 2 nitrogen and oxygen atoms in total. The molecule has 0 bridgehead atoms. The van der Waals surface area contributed by atoms with E-state index in [2.05, 4.69) is 34.6 Å². The molecule has 0 unspecified atom stereocenters. The number of rotatable bonds is 21. The van der Waals surface area contributed by atoms with Crippen LogP contribution in [0.4, 0.5) is 0 Å². The molecular weight excluding hydrogens is 375 g/mol. The van der Waals surface area contributed by atoms with Crippen molar-refractivity contribution in [2.75, 3.05) is 24.6 Å². The summed E-state index contributed by atoms with van der Waals surface area (Å²) in [4.78, 5) is 12.4. The molecule has 0 fully saturated rings. The van der Waals surface area contributed by atoms with Gasteiger partial charge < -0.3 is 0 Å². The van der Waals surface area contributed by atoms with Crippen molar-refractivity contribution in [3.05, 3.63) is 0 Å². The predicted molar refractivity (Wildman–Crippen MR) is 135 cm³/mol. The summed E-state index contributed by atoms with van der Waals surface area (Å²) in [6.07, 6.45) is 25.1. The summed E-state index contributed by atoms with van der Waals surface area (Å²) in [6, 6.07) is 0. The van der Waals surface area contributed by atoms with E-state index in [0.29, 0.717) is 6.42 Å². The van der Waals surface area contributed by atoms with Crippen LogP contribution in [0.1, 0.15) is 137 Å². The van der Waals surface area contributed by atoms with Gasteiger partial charge in [0.2, 0.25) is 0 Å². The third-order valence-electron chi connectivity index (χ3n) is 7.54. The zero-order valence-corrected chi connectivity index (χ0v) is 21.8. The first kappa shape index (κ1) is 28.9. The maximum atomic E-state index is 12.4. The minimum atomic E-state index is -2.24. The molecule has 0 aromatic carbocycles. The van der Waals surface area contributed by atoms with E-state index in [1.807, 2.05) is 0 Å². The molecule has 0 amide bonds. The Balaban J connectivity index is 3.60. The minimum absolute atomic E-state index is 0.0739. The molecule has 29 heavy (non-hydrogen) atoms. The molecule has 0 aromatic heterocycles.